The molecular weight excluding hydrogens is 279 g/mol. The fraction of sp³-hybridized carbons (Fsp3) is 0.333. The molecule has 0 amide bonds. The SMILES string of the molecule is CC(C)(C)c1ccc(-c2cc(C(F)(F)F)nc(N)n2)cc1. The Hall–Kier alpha value is -2.11. The first-order chi connectivity index (χ1) is 9.57. The Labute approximate surface area is 121 Å². The highest BCUT2D eigenvalue weighted by molar-refractivity contribution is 5.61. The molecule has 0 spiro atoms. The van der Waals surface area contributed by atoms with Gasteiger partial charge in [-0.25, -0.2) is 9.97 Å². The van der Waals surface area contributed by atoms with E-state index >= 15 is 0 Å². The van der Waals surface area contributed by atoms with Crippen LogP contribution in [0.5, 0.6) is 0 Å². The van der Waals surface area contributed by atoms with Gasteiger partial charge in [-0.3, -0.25) is 0 Å². The number of rotatable bonds is 1. The van der Waals surface area contributed by atoms with E-state index in [2.05, 4.69) is 30.7 Å². The van der Waals surface area contributed by atoms with E-state index in [4.69, 9.17) is 5.73 Å². The highest BCUT2D eigenvalue weighted by Crippen LogP contribution is 2.31. The third kappa shape index (κ3) is 3.51. The van der Waals surface area contributed by atoms with Gasteiger partial charge in [0.1, 0.15) is 0 Å². The largest absolute Gasteiger partial charge is 0.433 e. The number of anilines is 1. The van der Waals surface area contributed by atoms with Crippen molar-refractivity contribution in [2.45, 2.75) is 32.4 Å². The minimum Gasteiger partial charge on any atom is -0.368 e. The molecule has 6 heteroatoms. The van der Waals surface area contributed by atoms with Crippen molar-refractivity contribution in [1.29, 1.82) is 0 Å². The summed E-state index contributed by atoms with van der Waals surface area (Å²) in [6.07, 6.45) is -4.54. The third-order valence-electron chi connectivity index (χ3n) is 3.08. The van der Waals surface area contributed by atoms with Crippen molar-refractivity contribution in [3.8, 4) is 11.3 Å². The number of hydrogen-bond donors (Lipinski definition) is 1. The third-order valence-corrected chi connectivity index (χ3v) is 3.08. The second-order valence-corrected chi connectivity index (χ2v) is 5.82. The molecule has 2 rings (SSSR count). The number of nitrogens with zero attached hydrogens (tertiary/aromatic N) is 2. The molecule has 0 aliphatic carbocycles. The lowest BCUT2D eigenvalue weighted by atomic mass is 9.86. The van der Waals surface area contributed by atoms with E-state index in [9.17, 15) is 13.2 Å². The minimum absolute atomic E-state index is 0.0274. The van der Waals surface area contributed by atoms with Gasteiger partial charge in [0.05, 0.1) is 5.69 Å². The summed E-state index contributed by atoms with van der Waals surface area (Å²) in [5.74, 6) is -0.389. The van der Waals surface area contributed by atoms with Crippen LogP contribution in [0.1, 0.15) is 32.0 Å². The Morgan fingerprint density at radius 3 is 2.00 bits per heavy atom. The van der Waals surface area contributed by atoms with Crippen molar-refractivity contribution in [3.05, 3.63) is 41.6 Å². The van der Waals surface area contributed by atoms with Crippen LogP contribution in [0.2, 0.25) is 0 Å². The van der Waals surface area contributed by atoms with Gasteiger partial charge in [0.15, 0.2) is 5.69 Å². The van der Waals surface area contributed by atoms with Gasteiger partial charge >= 0.3 is 6.18 Å². The number of nitrogen functional groups attached to an aromatic ring is 1. The number of nitrogens with two attached hydrogens (primary N) is 1. The molecule has 2 N–H and O–H groups in total. The maximum absolute atomic E-state index is 12.7. The van der Waals surface area contributed by atoms with Gasteiger partial charge in [0, 0.05) is 5.56 Å². The number of aromatic nitrogens is 2. The van der Waals surface area contributed by atoms with E-state index in [1.807, 2.05) is 12.1 Å². The van der Waals surface area contributed by atoms with Crippen LogP contribution >= 0.6 is 0 Å². The molecule has 1 heterocycles. The van der Waals surface area contributed by atoms with Crippen LogP contribution in [-0.2, 0) is 11.6 Å². The molecule has 1 aromatic carbocycles. The standard InChI is InChI=1S/C15H16F3N3/c1-14(2,3)10-6-4-9(5-7-10)11-8-12(15(16,17)18)21-13(19)20-11/h4-8H,1-3H3,(H2,19,20,21). The fourth-order valence-corrected chi connectivity index (χ4v) is 1.90. The Kier molecular flexibility index (Phi) is 3.65. The zero-order chi connectivity index (χ0) is 15.8. The van der Waals surface area contributed by atoms with E-state index in [0.29, 0.717) is 5.56 Å². The van der Waals surface area contributed by atoms with E-state index < -0.39 is 11.9 Å². The molecule has 112 valence electrons. The summed E-state index contributed by atoms with van der Waals surface area (Å²) in [6.45, 7) is 6.19. The summed E-state index contributed by atoms with van der Waals surface area (Å²) in [4.78, 5) is 7.11. The second kappa shape index (κ2) is 5.02. The maximum Gasteiger partial charge on any atom is 0.433 e. The van der Waals surface area contributed by atoms with E-state index in [1.54, 1.807) is 12.1 Å². The Bertz CT molecular complexity index is 641. The smallest absolute Gasteiger partial charge is 0.368 e. The molecule has 0 saturated carbocycles. The van der Waals surface area contributed by atoms with E-state index in [-0.39, 0.29) is 17.1 Å². The Morgan fingerprint density at radius 2 is 1.52 bits per heavy atom. The number of benzene rings is 1. The van der Waals surface area contributed by atoms with Crippen LogP contribution in [0.3, 0.4) is 0 Å². The van der Waals surface area contributed by atoms with Crippen LogP contribution in [0.25, 0.3) is 11.3 Å². The molecule has 3 nitrogen and oxygen atoms in total. The summed E-state index contributed by atoms with van der Waals surface area (Å²) in [5.41, 5.74) is 6.13. The molecule has 0 atom stereocenters. The molecule has 0 aliphatic rings. The second-order valence-electron chi connectivity index (χ2n) is 5.82. The normalized spacial score (nSPS) is 12.5. The van der Waals surface area contributed by atoms with E-state index in [0.717, 1.165) is 11.6 Å². The molecule has 2 aromatic rings. The monoisotopic (exact) mass is 295 g/mol. The van der Waals surface area contributed by atoms with Gasteiger partial charge in [-0.05, 0) is 17.0 Å². The number of alkyl halides is 3. The first-order valence-corrected chi connectivity index (χ1v) is 6.40. The van der Waals surface area contributed by atoms with Gasteiger partial charge < -0.3 is 5.73 Å². The lowest BCUT2D eigenvalue weighted by Gasteiger charge is -2.19. The summed E-state index contributed by atoms with van der Waals surface area (Å²) in [6, 6.07) is 8.13. The van der Waals surface area contributed by atoms with Crippen molar-refractivity contribution in [2.24, 2.45) is 0 Å². The van der Waals surface area contributed by atoms with Gasteiger partial charge in [-0.15, -0.1) is 0 Å². The first-order valence-electron chi connectivity index (χ1n) is 6.40. The van der Waals surface area contributed by atoms with Crippen molar-refractivity contribution in [3.63, 3.8) is 0 Å². The average molecular weight is 295 g/mol. The van der Waals surface area contributed by atoms with Crippen LogP contribution in [0.15, 0.2) is 30.3 Å². The van der Waals surface area contributed by atoms with Crippen LogP contribution in [0.4, 0.5) is 19.1 Å². The van der Waals surface area contributed by atoms with Crippen molar-refractivity contribution in [1.82, 2.24) is 9.97 Å². The van der Waals surface area contributed by atoms with E-state index in [1.165, 1.54) is 0 Å². The number of halogens is 3. The molecule has 0 fully saturated rings. The molecule has 0 aliphatic heterocycles. The lowest BCUT2D eigenvalue weighted by Crippen LogP contribution is -2.12. The topological polar surface area (TPSA) is 51.8 Å². The van der Waals surface area contributed by atoms with Gasteiger partial charge in [-0.2, -0.15) is 13.2 Å². The molecule has 1 aromatic heterocycles. The molecule has 0 bridgehead atoms. The fourth-order valence-electron chi connectivity index (χ4n) is 1.90. The summed E-state index contributed by atoms with van der Waals surface area (Å²) < 4.78 is 38.2. The lowest BCUT2D eigenvalue weighted by molar-refractivity contribution is -0.141. The Balaban J connectivity index is 2.45. The summed E-state index contributed by atoms with van der Waals surface area (Å²) in [5, 5.41) is 0. The van der Waals surface area contributed by atoms with Crippen LogP contribution in [-0.4, -0.2) is 9.97 Å². The predicted octanol–water partition coefficient (Wildman–Crippen LogP) is 4.04. The van der Waals surface area contributed by atoms with Crippen molar-refractivity contribution < 1.29 is 13.2 Å². The van der Waals surface area contributed by atoms with Gasteiger partial charge in [-0.1, -0.05) is 45.0 Å². The van der Waals surface area contributed by atoms with Crippen molar-refractivity contribution >= 4 is 5.95 Å². The average Bonchev–Trinajstić information content (AvgIpc) is 2.36. The molecule has 0 saturated heterocycles. The zero-order valence-corrected chi connectivity index (χ0v) is 12.0. The number of hydrogen-bond acceptors (Lipinski definition) is 3. The van der Waals surface area contributed by atoms with Crippen LogP contribution in [0, 0.1) is 0 Å². The molecule has 21 heavy (non-hydrogen) atoms. The predicted molar refractivity (Wildman–Crippen MR) is 75.6 cm³/mol. The molecule has 0 unspecified atom stereocenters. The maximum atomic E-state index is 12.7. The molecule has 0 radical (unpaired) electrons. The highest BCUT2D eigenvalue weighted by atomic mass is 19.4. The van der Waals surface area contributed by atoms with Gasteiger partial charge in [0.2, 0.25) is 5.95 Å². The minimum atomic E-state index is -4.54. The summed E-state index contributed by atoms with van der Waals surface area (Å²) in [7, 11) is 0. The molecular formula is C15H16F3N3. The summed E-state index contributed by atoms with van der Waals surface area (Å²) >= 11 is 0. The Morgan fingerprint density at radius 1 is 0.952 bits per heavy atom. The quantitative estimate of drug-likeness (QED) is 0.863. The van der Waals surface area contributed by atoms with Gasteiger partial charge in [0.25, 0.3) is 0 Å². The highest BCUT2D eigenvalue weighted by Gasteiger charge is 2.33. The zero-order valence-electron chi connectivity index (χ0n) is 12.0. The van der Waals surface area contributed by atoms with Crippen molar-refractivity contribution in [2.75, 3.05) is 5.73 Å². The van der Waals surface area contributed by atoms with Crippen LogP contribution < -0.4 is 5.73 Å². The first kappa shape index (κ1) is 15.3.